The smallest absolute Gasteiger partial charge is 0.366 e. The van der Waals surface area contributed by atoms with Gasteiger partial charge in [0.25, 0.3) is 5.91 Å². The van der Waals surface area contributed by atoms with Gasteiger partial charge in [0, 0.05) is 5.69 Å². The number of anilines is 2. The van der Waals surface area contributed by atoms with Crippen molar-refractivity contribution in [3.8, 4) is 0 Å². The van der Waals surface area contributed by atoms with E-state index in [0.29, 0.717) is 0 Å². The van der Waals surface area contributed by atoms with E-state index in [1.54, 1.807) is 0 Å². The molecule has 6 nitrogen and oxygen atoms in total. The number of carbonyl (C=O) groups excluding carboxylic acids is 3. The van der Waals surface area contributed by atoms with Crippen LogP contribution in [-0.2, 0) is 15.8 Å². The first-order valence-electron chi connectivity index (χ1n) is 6.87. The van der Waals surface area contributed by atoms with E-state index in [4.69, 9.17) is 5.73 Å². The zero-order valence-corrected chi connectivity index (χ0v) is 12.6. The maximum Gasteiger partial charge on any atom is 0.416 e. The molecular formula is C16H12F3N3O3. The Bertz CT molecular complexity index is 817. The molecule has 0 fully saturated rings. The summed E-state index contributed by atoms with van der Waals surface area (Å²) in [6.07, 6.45) is -4.50. The first-order chi connectivity index (χ1) is 11.7. The van der Waals surface area contributed by atoms with Crippen molar-refractivity contribution in [3.63, 3.8) is 0 Å². The van der Waals surface area contributed by atoms with Crippen LogP contribution in [0.3, 0.4) is 0 Å². The van der Waals surface area contributed by atoms with Crippen LogP contribution in [0.1, 0.15) is 15.9 Å². The Morgan fingerprint density at radius 2 is 1.40 bits per heavy atom. The number of para-hydroxylation sites is 1. The molecule has 3 amide bonds. The van der Waals surface area contributed by atoms with Gasteiger partial charge in [-0.2, -0.15) is 13.2 Å². The molecule has 0 heterocycles. The summed E-state index contributed by atoms with van der Waals surface area (Å²) in [7, 11) is 0. The lowest BCUT2D eigenvalue weighted by Crippen LogP contribution is -2.30. The summed E-state index contributed by atoms with van der Waals surface area (Å²) in [4.78, 5) is 34.9. The molecule has 130 valence electrons. The third-order valence-corrected chi connectivity index (χ3v) is 3.12. The van der Waals surface area contributed by atoms with Crippen LogP contribution in [0.5, 0.6) is 0 Å². The first kappa shape index (κ1) is 18.0. The van der Waals surface area contributed by atoms with Crippen molar-refractivity contribution in [2.75, 3.05) is 10.6 Å². The van der Waals surface area contributed by atoms with Gasteiger partial charge in [-0.05, 0) is 36.4 Å². The molecule has 0 saturated carbocycles. The highest BCUT2D eigenvalue weighted by Crippen LogP contribution is 2.29. The van der Waals surface area contributed by atoms with Crippen LogP contribution < -0.4 is 16.4 Å². The number of rotatable bonds is 3. The fourth-order valence-electron chi connectivity index (χ4n) is 1.92. The van der Waals surface area contributed by atoms with E-state index in [-0.39, 0.29) is 16.9 Å². The van der Waals surface area contributed by atoms with Gasteiger partial charge in [0.2, 0.25) is 0 Å². The van der Waals surface area contributed by atoms with Gasteiger partial charge in [0.05, 0.1) is 16.8 Å². The van der Waals surface area contributed by atoms with Crippen LogP contribution in [-0.4, -0.2) is 17.7 Å². The highest BCUT2D eigenvalue weighted by molar-refractivity contribution is 6.44. The van der Waals surface area contributed by atoms with Crippen LogP contribution >= 0.6 is 0 Å². The summed E-state index contributed by atoms with van der Waals surface area (Å²) in [5.41, 5.74) is 4.34. The lowest BCUT2D eigenvalue weighted by Gasteiger charge is -2.10. The van der Waals surface area contributed by atoms with Gasteiger partial charge in [0.1, 0.15) is 0 Å². The van der Waals surface area contributed by atoms with Crippen LogP contribution in [0.15, 0.2) is 48.5 Å². The molecule has 0 atom stereocenters. The summed E-state index contributed by atoms with van der Waals surface area (Å²) in [6, 6.07) is 9.38. The largest absolute Gasteiger partial charge is 0.416 e. The number of halogens is 3. The molecule has 0 bridgehead atoms. The highest BCUT2D eigenvalue weighted by atomic mass is 19.4. The Hall–Kier alpha value is -3.36. The highest BCUT2D eigenvalue weighted by Gasteiger charge is 2.30. The van der Waals surface area contributed by atoms with Crippen molar-refractivity contribution in [1.82, 2.24) is 0 Å². The number of alkyl halides is 3. The number of carbonyl (C=O) groups is 3. The third-order valence-electron chi connectivity index (χ3n) is 3.12. The van der Waals surface area contributed by atoms with Gasteiger partial charge in [-0.3, -0.25) is 14.4 Å². The van der Waals surface area contributed by atoms with Gasteiger partial charge in [-0.1, -0.05) is 12.1 Å². The lowest BCUT2D eigenvalue weighted by atomic mass is 10.1. The van der Waals surface area contributed by atoms with Crippen molar-refractivity contribution >= 4 is 29.1 Å². The zero-order chi connectivity index (χ0) is 18.6. The minimum Gasteiger partial charge on any atom is -0.366 e. The average Bonchev–Trinajstić information content (AvgIpc) is 2.54. The van der Waals surface area contributed by atoms with E-state index in [1.807, 2.05) is 0 Å². The molecule has 2 aromatic rings. The molecule has 2 rings (SSSR count). The maximum absolute atomic E-state index is 12.5. The number of amides is 3. The molecule has 0 aliphatic rings. The average molecular weight is 351 g/mol. The summed E-state index contributed by atoms with van der Waals surface area (Å²) in [5, 5.41) is 4.37. The van der Waals surface area contributed by atoms with Crippen LogP contribution in [0, 0.1) is 0 Å². The molecule has 0 aliphatic heterocycles. The Morgan fingerprint density at radius 1 is 0.840 bits per heavy atom. The number of hydrogen-bond acceptors (Lipinski definition) is 3. The first-order valence-corrected chi connectivity index (χ1v) is 6.87. The van der Waals surface area contributed by atoms with Gasteiger partial charge in [-0.15, -0.1) is 0 Å². The van der Waals surface area contributed by atoms with Crippen LogP contribution in [0.4, 0.5) is 24.5 Å². The van der Waals surface area contributed by atoms with Gasteiger partial charge in [0.15, 0.2) is 0 Å². The topological polar surface area (TPSA) is 101 Å². The fraction of sp³-hybridized carbons (Fsp3) is 0.0625. The van der Waals surface area contributed by atoms with Gasteiger partial charge >= 0.3 is 18.0 Å². The predicted octanol–water partition coefficient (Wildman–Crippen LogP) is 2.38. The quantitative estimate of drug-likeness (QED) is 0.740. The SMILES string of the molecule is NC(=O)c1ccccc1NC(=O)C(=O)Nc1ccc(C(F)(F)F)cc1. The maximum atomic E-state index is 12.5. The molecule has 4 N–H and O–H groups in total. The molecule has 0 radical (unpaired) electrons. The van der Waals surface area contributed by atoms with E-state index < -0.39 is 29.5 Å². The molecule has 0 saturated heterocycles. The number of hydrogen-bond donors (Lipinski definition) is 3. The van der Waals surface area contributed by atoms with Crippen LogP contribution in [0.2, 0.25) is 0 Å². The molecule has 0 spiro atoms. The van der Waals surface area contributed by atoms with E-state index in [2.05, 4.69) is 10.6 Å². The number of nitrogens with two attached hydrogens (primary N) is 1. The van der Waals surface area contributed by atoms with E-state index >= 15 is 0 Å². The summed E-state index contributed by atoms with van der Waals surface area (Å²) in [6.45, 7) is 0. The second-order valence-corrected chi connectivity index (χ2v) is 4.89. The zero-order valence-electron chi connectivity index (χ0n) is 12.6. The van der Waals surface area contributed by atoms with Crippen molar-refractivity contribution in [2.45, 2.75) is 6.18 Å². The lowest BCUT2D eigenvalue weighted by molar-refractivity contribution is -0.137. The second-order valence-electron chi connectivity index (χ2n) is 4.89. The van der Waals surface area contributed by atoms with E-state index in [0.717, 1.165) is 24.3 Å². The van der Waals surface area contributed by atoms with Gasteiger partial charge in [-0.25, -0.2) is 0 Å². The monoisotopic (exact) mass is 351 g/mol. The summed E-state index contributed by atoms with van der Waals surface area (Å²) < 4.78 is 37.4. The standard InChI is InChI=1S/C16H12F3N3O3/c17-16(18,19)9-5-7-10(8-6-9)21-14(24)15(25)22-12-4-2-1-3-11(12)13(20)23/h1-8H,(H2,20,23)(H,21,24)(H,22,25). The fourth-order valence-corrected chi connectivity index (χ4v) is 1.92. The number of nitrogens with one attached hydrogen (secondary N) is 2. The summed E-state index contributed by atoms with van der Waals surface area (Å²) >= 11 is 0. The predicted molar refractivity (Wildman–Crippen MR) is 83.7 cm³/mol. The third kappa shape index (κ3) is 4.56. The molecule has 25 heavy (non-hydrogen) atoms. The minimum absolute atomic E-state index is 0.0105. The summed E-state index contributed by atoms with van der Waals surface area (Å²) in [5.74, 6) is -3.01. The molecule has 9 heteroatoms. The van der Waals surface area contributed by atoms with Crippen molar-refractivity contribution in [3.05, 3.63) is 59.7 Å². The Balaban J connectivity index is 2.06. The number of primary amides is 1. The van der Waals surface area contributed by atoms with E-state index in [9.17, 15) is 27.6 Å². The Kier molecular flexibility index (Phi) is 5.06. The van der Waals surface area contributed by atoms with Crippen molar-refractivity contribution in [1.29, 1.82) is 0 Å². The van der Waals surface area contributed by atoms with E-state index in [1.165, 1.54) is 24.3 Å². The molecule has 0 aromatic heterocycles. The molecular weight excluding hydrogens is 339 g/mol. The molecule has 0 aliphatic carbocycles. The number of benzene rings is 2. The normalized spacial score (nSPS) is 10.8. The Labute approximate surface area is 139 Å². The Morgan fingerprint density at radius 3 is 1.96 bits per heavy atom. The van der Waals surface area contributed by atoms with Gasteiger partial charge < -0.3 is 16.4 Å². The second kappa shape index (κ2) is 7.04. The van der Waals surface area contributed by atoms with Crippen molar-refractivity contribution < 1.29 is 27.6 Å². The molecule has 2 aromatic carbocycles. The molecule has 0 unspecified atom stereocenters. The minimum atomic E-state index is -4.50. The van der Waals surface area contributed by atoms with Crippen molar-refractivity contribution in [2.24, 2.45) is 5.73 Å². The van der Waals surface area contributed by atoms with Crippen LogP contribution in [0.25, 0.3) is 0 Å².